The largest absolute Gasteiger partial charge is 0.380 e. The second-order valence-corrected chi connectivity index (χ2v) is 6.78. The summed E-state index contributed by atoms with van der Waals surface area (Å²) >= 11 is 0. The third-order valence-electron chi connectivity index (χ3n) is 4.14. The summed E-state index contributed by atoms with van der Waals surface area (Å²) in [6.07, 6.45) is 3.32. The minimum atomic E-state index is -0.211. The molecule has 1 aromatic carbocycles. The van der Waals surface area contributed by atoms with Crippen LogP contribution in [0.1, 0.15) is 39.5 Å². The third-order valence-corrected chi connectivity index (χ3v) is 4.14. The first-order valence-electron chi connectivity index (χ1n) is 9.05. The molecule has 0 aliphatic carbocycles. The van der Waals surface area contributed by atoms with Crippen molar-refractivity contribution in [2.45, 2.75) is 39.5 Å². The summed E-state index contributed by atoms with van der Waals surface area (Å²) in [5.74, 6) is 0.337. The molecule has 0 saturated heterocycles. The Hall–Kier alpha value is -1.88. The highest BCUT2D eigenvalue weighted by atomic mass is 16.5. The summed E-state index contributed by atoms with van der Waals surface area (Å²) in [5.41, 5.74) is 0.785. The van der Waals surface area contributed by atoms with Crippen LogP contribution in [0.15, 0.2) is 30.3 Å². The number of amides is 2. The molecule has 25 heavy (non-hydrogen) atoms. The number of hydrogen-bond acceptors (Lipinski definition) is 3. The van der Waals surface area contributed by atoms with E-state index in [4.69, 9.17) is 4.74 Å². The summed E-state index contributed by atoms with van der Waals surface area (Å²) in [6, 6.07) is 9.32. The second kappa shape index (κ2) is 11.6. The van der Waals surface area contributed by atoms with Gasteiger partial charge in [-0.25, -0.2) is 0 Å². The van der Waals surface area contributed by atoms with E-state index in [1.165, 1.54) is 17.7 Å². The Kier molecular flexibility index (Phi) is 9.85. The molecule has 0 aliphatic rings. The number of anilines is 1. The Morgan fingerprint density at radius 3 is 2.32 bits per heavy atom. The Morgan fingerprint density at radius 1 is 1.00 bits per heavy atom. The van der Waals surface area contributed by atoms with Crippen molar-refractivity contribution in [3.8, 4) is 0 Å². The minimum absolute atomic E-state index is 0.129. The van der Waals surface area contributed by atoms with Gasteiger partial charge in [-0.1, -0.05) is 44.9 Å². The van der Waals surface area contributed by atoms with Crippen molar-refractivity contribution in [1.29, 1.82) is 0 Å². The molecule has 2 amide bonds. The standard InChI is InChI=1S/C20H32N2O3/c1-17(2)10-8-9-14-25-15-13-21(3)19(23)16-20(24)22(4)18-11-6-5-7-12-18/h5-7,11-12,17H,8-10,13-16H2,1-4H3. The van der Waals surface area contributed by atoms with E-state index in [9.17, 15) is 9.59 Å². The van der Waals surface area contributed by atoms with Gasteiger partial charge in [0.1, 0.15) is 6.42 Å². The van der Waals surface area contributed by atoms with Gasteiger partial charge in [-0.3, -0.25) is 9.59 Å². The summed E-state index contributed by atoms with van der Waals surface area (Å²) in [5, 5.41) is 0. The van der Waals surface area contributed by atoms with Gasteiger partial charge in [0.15, 0.2) is 0 Å². The maximum atomic E-state index is 12.2. The summed E-state index contributed by atoms with van der Waals surface area (Å²) in [4.78, 5) is 27.4. The van der Waals surface area contributed by atoms with Crippen LogP contribution in [-0.2, 0) is 14.3 Å². The second-order valence-electron chi connectivity index (χ2n) is 6.78. The average molecular weight is 348 g/mol. The zero-order chi connectivity index (χ0) is 18.7. The normalized spacial score (nSPS) is 10.8. The Labute approximate surface area is 151 Å². The number of benzene rings is 1. The van der Waals surface area contributed by atoms with Crippen LogP contribution in [0, 0.1) is 5.92 Å². The Morgan fingerprint density at radius 2 is 1.68 bits per heavy atom. The maximum absolute atomic E-state index is 12.2. The maximum Gasteiger partial charge on any atom is 0.236 e. The lowest BCUT2D eigenvalue weighted by atomic mass is 10.1. The van der Waals surface area contributed by atoms with Crippen molar-refractivity contribution in [2.75, 3.05) is 38.8 Å². The minimum Gasteiger partial charge on any atom is -0.380 e. The van der Waals surface area contributed by atoms with E-state index in [-0.39, 0.29) is 18.2 Å². The van der Waals surface area contributed by atoms with Crippen molar-refractivity contribution in [3.63, 3.8) is 0 Å². The van der Waals surface area contributed by atoms with Crippen LogP contribution in [0.3, 0.4) is 0 Å². The number of carbonyl (C=O) groups is 2. The Bertz CT molecular complexity index is 517. The summed E-state index contributed by atoms with van der Waals surface area (Å²) in [7, 11) is 3.39. The molecule has 0 atom stereocenters. The van der Waals surface area contributed by atoms with Crippen LogP contribution in [0.5, 0.6) is 0 Å². The first-order valence-corrected chi connectivity index (χ1v) is 9.05. The molecule has 0 spiro atoms. The predicted molar refractivity (Wildman–Crippen MR) is 102 cm³/mol. The number of ether oxygens (including phenoxy) is 1. The molecule has 5 heteroatoms. The monoisotopic (exact) mass is 348 g/mol. The average Bonchev–Trinajstić information content (AvgIpc) is 2.60. The summed E-state index contributed by atoms with van der Waals surface area (Å²) < 4.78 is 5.57. The van der Waals surface area contributed by atoms with E-state index in [0.717, 1.165) is 24.6 Å². The number of likely N-dealkylation sites (N-methyl/N-ethyl adjacent to an activating group) is 1. The first-order chi connectivity index (χ1) is 11.9. The number of hydrogen-bond donors (Lipinski definition) is 0. The van der Waals surface area contributed by atoms with Crippen molar-refractivity contribution in [1.82, 2.24) is 4.90 Å². The fraction of sp³-hybridized carbons (Fsp3) is 0.600. The zero-order valence-electron chi connectivity index (χ0n) is 16.0. The van der Waals surface area contributed by atoms with Crippen LogP contribution in [0.25, 0.3) is 0 Å². The molecule has 0 aliphatic heterocycles. The van der Waals surface area contributed by atoms with Crippen molar-refractivity contribution in [2.24, 2.45) is 5.92 Å². The molecule has 1 aromatic rings. The molecule has 0 heterocycles. The zero-order valence-corrected chi connectivity index (χ0v) is 16.0. The lowest BCUT2D eigenvalue weighted by Gasteiger charge is -2.20. The molecular weight excluding hydrogens is 316 g/mol. The lowest BCUT2D eigenvalue weighted by Crippen LogP contribution is -2.36. The fourth-order valence-electron chi connectivity index (χ4n) is 2.36. The number of carbonyl (C=O) groups excluding carboxylic acids is 2. The molecule has 0 radical (unpaired) electrons. The highest BCUT2D eigenvalue weighted by Gasteiger charge is 2.18. The molecule has 0 N–H and O–H groups in total. The molecule has 0 saturated carbocycles. The highest BCUT2D eigenvalue weighted by molar-refractivity contribution is 6.04. The third kappa shape index (κ3) is 8.68. The van der Waals surface area contributed by atoms with Gasteiger partial charge in [0, 0.05) is 32.9 Å². The number of unbranched alkanes of at least 4 members (excludes halogenated alkanes) is 1. The van der Waals surface area contributed by atoms with Crippen molar-refractivity contribution < 1.29 is 14.3 Å². The quantitative estimate of drug-likeness (QED) is 0.455. The number of para-hydroxylation sites is 1. The molecule has 1 rings (SSSR count). The van der Waals surface area contributed by atoms with Gasteiger partial charge < -0.3 is 14.5 Å². The smallest absolute Gasteiger partial charge is 0.236 e. The molecule has 0 fully saturated rings. The van der Waals surface area contributed by atoms with E-state index < -0.39 is 0 Å². The molecule has 0 unspecified atom stereocenters. The Balaban J connectivity index is 2.22. The van der Waals surface area contributed by atoms with Gasteiger partial charge >= 0.3 is 0 Å². The topological polar surface area (TPSA) is 49.9 Å². The van der Waals surface area contributed by atoms with Crippen LogP contribution in [0.4, 0.5) is 5.69 Å². The fourth-order valence-corrected chi connectivity index (χ4v) is 2.36. The van der Waals surface area contributed by atoms with Gasteiger partial charge in [-0.15, -0.1) is 0 Å². The predicted octanol–water partition coefficient (Wildman–Crippen LogP) is 3.34. The van der Waals surface area contributed by atoms with E-state index in [2.05, 4.69) is 13.8 Å². The van der Waals surface area contributed by atoms with Crippen LogP contribution in [0.2, 0.25) is 0 Å². The first kappa shape index (κ1) is 21.2. The molecule has 5 nitrogen and oxygen atoms in total. The van der Waals surface area contributed by atoms with Crippen LogP contribution in [-0.4, -0.2) is 50.6 Å². The van der Waals surface area contributed by atoms with E-state index in [1.807, 2.05) is 30.3 Å². The molecule has 0 bridgehead atoms. The highest BCUT2D eigenvalue weighted by Crippen LogP contribution is 2.12. The van der Waals surface area contributed by atoms with E-state index in [0.29, 0.717) is 13.2 Å². The van der Waals surface area contributed by atoms with Gasteiger partial charge in [0.25, 0.3) is 0 Å². The van der Waals surface area contributed by atoms with Crippen LogP contribution < -0.4 is 4.90 Å². The summed E-state index contributed by atoms with van der Waals surface area (Å²) in [6.45, 7) is 6.18. The van der Waals surface area contributed by atoms with E-state index >= 15 is 0 Å². The SMILES string of the molecule is CC(C)CCCCOCCN(C)C(=O)CC(=O)N(C)c1ccccc1. The lowest BCUT2D eigenvalue weighted by molar-refractivity contribution is -0.134. The van der Waals surface area contributed by atoms with Gasteiger partial charge in [0.05, 0.1) is 6.61 Å². The molecular formula is C20H32N2O3. The van der Waals surface area contributed by atoms with Gasteiger partial charge in [-0.05, 0) is 24.5 Å². The van der Waals surface area contributed by atoms with Gasteiger partial charge in [-0.2, -0.15) is 0 Å². The van der Waals surface area contributed by atoms with Gasteiger partial charge in [0.2, 0.25) is 11.8 Å². The van der Waals surface area contributed by atoms with E-state index in [1.54, 1.807) is 19.0 Å². The van der Waals surface area contributed by atoms with Crippen molar-refractivity contribution in [3.05, 3.63) is 30.3 Å². The van der Waals surface area contributed by atoms with Crippen LogP contribution >= 0.6 is 0 Å². The van der Waals surface area contributed by atoms with Crippen molar-refractivity contribution >= 4 is 17.5 Å². The number of rotatable bonds is 11. The molecule has 140 valence electrons. The molecule has 0 aromatic heterocycles. The number of nitrogens with zero attached hydrogens (tertiary/aromatic N) is 2.